The quantitative estimate of drug-likeness (QED) is 0.722. The summed E-state index contributed by atoms with van der Waals surface area (Å²) in [6, 6.07) is 3.24. The SMILES string of the molecule is CCc1cc(Cl)cc(Cl)c1O. The molecule has 1 N–H and O–H groups in total. The molecule has 0 aliphatic rings. The van der Waals surface area contributed by atoms with Crippen LogP contribution < -0.4 is 0 Å². The first-order valence-electron chi connectivity index (χ1n) is 3.32. The summed E-state index contributed by atoms with van der Waals surface area (Å²) in [7, 11) is 0. The van der Waals surface area contributed by atoms with Gasteiger partial charge < -0.3 is 5.11 Å². The van der Waals surface area contributed by atoms with E-state index in [2.05, 4.69) is 0 Å². The first-order valence-corrected chi connectivity index (χ1v) is 4.07. The van der Waals surface area contributed by atoms with Gasteiger partial charge in [0.15, 0.2) is 0 Å². The largest absolute Gasteiger partial charge is 0.506 e. The fraction of sp³-hybridized carbons (Fsp3) is 0.250. The Labute approximate surface area is 75.6 Å². The Morgan fingerprint density at radius 3 is 2.55 bits per heavy atom. The van der Waals surface area contributed by atoms with Crippen LogP contribution in [0.2, 0.25) is 10.0 Å². The monoisotopic (exact) mass is 190 g/mol. The van der Waals surface area contributed by atoms with Gasteiger partial charge in [-0.1, -0.05) is 30.1 Å². The molecule has 0 atom stereocenters. The Morgan fingerprint density at radius 1 is 1.36 bits per heavy atom. The Balaban J connectivity index is 3.24. The van der Waals surface area contributed by atoms with Crippen LogP contribution in [0.25, 0.3) is 0 Å². The van der Waals surface area contributed by atoms with E-state index >= 15 is 0 Å². The molecule has 0 aliphatic carbocycles. The molecule has 3 heteroatoms. The van der Waals surface area contributed by atoms with E-state index in [-0.39, 0.29) is 5.75 Å². The van der Waals surface area contributed by atoms with Crippen LogP contribution in [-0.2, 0) is 6.42 Å². The standard InChI is InChI=1S/C8H8Cl2O/c1-2-5-3-6(9)4-7(10)8(5)11/h3-4,11H,2H2,1H3. The van der Waals surface area contributed by atoms with Gasteiger partial charge in [-0.2, -0.15) is 0 Å². The minimum atomic E-state index is 0.138. The number of hydrogen-bond donors (Lipinski definition) is 1. The van der Waals surface area contributed by atoms with E-state index in [1.165, 1.54) is 6.07 Å². The molecule has 0 saturated heterocycles. The number of aromatic hydroxyl groups is 1. The zero-order chi connectivity index (χ0) is 8.43. The zero-order valence-corrected chi connectivity index (χ0v) is 7.58. The minimum Gasteiger partial charge on any atom is -0.506 e. The summed E-state index contributed by atoms with van der Waals surface area (Å²) in [6.45, 7) is 1.93. The molecular formula is C8H8Cl2O. The van der Waals surface area contributed by atoms with E-state index in [4.69, 9.17) is 23.2 Å². The predicted molar refractivity (Wildman–Crippen MR) is 47.5 cm³/mol. The van der Waals surface area contributed by atoms with Gasteiger partial charge in [-0.15, -0.1) is 0 Å². The summed E-state index contributed by atoms with van der Waals surface area (Å²) in [6.07, 6.45) is 0.728. The molecule has 1 nitrogen and oxygen atoms in total. The number of hydrogen-bond acceptors (Lipinski definition) is 1. The number of phenols is 1. The average Bonchev–Trinajstić information content (AvgIpc) is 1.96. The van der Waals surface area contributed by atoms with E-state index in [9.17, 15) is 5.11 Å². The van der Waals surface area contributed by atoms with Crippen molar-refractivity contribution in [2.45, 2.75) is 13.3 Å². The molecule has 0 aliphatic heterocycles. The van der Waals surface area contributed by atoms with E-state index in [0.29, 0.717) is 10.0 Å². The normalized spacial score (nSPS) is 10.1. The number of aryl methyl sites for hydroxylation is 1. The van der Waals surface area contributed by atoms with Gasteiger partial charge >= 0.3 is 0 Å². The zero-order valence-electron chi connectivity index (χ0n) is 6.06. The van der Waals surface area contributed by atoms with Crippen molar-refractivity contribution in [3.63, 3.8) is 0 Å². The van der Waals surface area contributed by atoms with Crippen LogP contribution in [0.1, 0.15) is 12.5 Å². The Bertz CT molecular complexity index is 271. The van der Waals surface area contributed by atoms with Gasteiger partial charge in [-0.05, 0) is 24.1 Å². The lowest BCUT2D eigenvalue weighted by molar-refractivity contribution is 0.469. The lowest BCUT2D eigenvalue weighted by Crippen LogP contribution is -1.82. The topological polar surface area (TPSA) is 20.2 Å². The molecule has 0 spiro atoms. The maximum atomic E-state index is 9.33. The summed E-state index contributed by atoms with van der Waals surface area (Å²) in [5, 5.41) is 10.2. The van der Waals surface area contributed by atoms with Crippen molar-refractivity contribution in [2.24, 2.45) is 0 Å². The Hall–Kier alpha value is -0.400. The highest BCUT2D eigenvalue weighted by Crippen LogP contribution is 2.31. The fourth-order valence-electron chi connectivity index (χ4n) is 0.889. The van der Waals surface area contributed by atoms with Gasteiger partial charge in [0.1, 0.15) is 5.75 Å². The number of benzene rings is 1. The highest BCUT2D eigenvalue weighted by Gasteiger charge is 2.04. The van der Waals surface area contributed by atoms with Crippen molar-refractivity contribution >= 4 is 23.2 Å². The van der Waals surface area contributed by atoms with Crippen LogP contribution in [0.3, 0.4) is 0 Å². The summed E-state index contributed by atoms with van der Waals surface area (Å²) >= 11 is 11.4. The number of phenolic OH excluding ortho intramolecular Hbond substituents is 1. The molecule has 0 heterocycles. The predicted octanol–water partition coefficient (Wildman–Crippen LogP) is 3.26. The molecular weight excluding hydrogens is 183 g/mol. The second-order valence-corrected chi connectivity index (χ2v) is 3.09. The third kappa shape index (κ3) is 1.79. The van der Waals surface area contributed by atoms with Crippen LogP contribution >= 0.6 is 23.2 Å². The Morgan fingerprint density at radius 2 is 2.00 bits per heavy atom. The van der Waals surface area contributed by atoms with Crippen molar-refractivity contribution in [2.75, 3.05) is 0 Å². The molecule has 0 bridgehead atoms. The number of halogens is 2. The minimum absolute atomic E-state index is 0.138. The molecule has 1 aromatic rings. The van der Waals surface area contributed by atoms with Gasteiger partial charge in [-0.3, -0.25) is 0 Å². The van der Waals surface area contributed by atoms with E-state index in [1.54, 1.807) is 6.07 Å². The van der Waals surface area contributed by atoms with Crippen molar-refractivity contribution < 1.29 is 5.11 Å². The molecule has 60 valence electrons. The van der Waals surface area contributed by atoms with Crippen molar-refractivity contribution in [1.29, 1.82) is 0 Å². The first kappa shape index (κ1) is 8.69. The Kier molecular flexibility index (Phi) is 2.63. The summed E-state index contributed by atoms with van der Waals surface area (Å²) in [5.41, 5.74) is 0.780. The summed E-state index contributed by atoms with van der Waals surface area (Å²) < 4.78 is 0. The maximum Gasteiger partial charge on any atom is 0.137 e. The second-order valence-electron chi connectivity index (χ2n) is 2.25. The summed E-state index contributed by atoms with van der Waals surface area (Å²) in [4.78, 5) is 0. The van der Waals surface area contributed by atoms with E-state index in [0.717, 1.165) is 12.0 Å². The molecule has 11 heavy (non-hydrogen) atoms. The molecule has 0 radical (unpaired) electrons. The maximum absolute atomic E-state index is 9.33. The highest BCUT2D eigenvalue weighted by atomic mass is 35.5. The molecule has 0 unspecified atom stereocenters. The van der Waals surface area contributed by atoms with Gasteiger partial charge in [0.25, 0.3) is 0 Å². The molecule has 0 aromatic heterocycles. The van der Waals surface area contributed by atoms with Crippen LogP contribution in [0.4, 0.5) is 0 Å². The molecule has 0 amide bonds. The molecule has 1 aromatic carbocycles. The van der Waals surface area contributed by atoms with Crippen LogP contribution in [0.15, 0.2) is 12.1 Å². The van der Waals surface area contributed by atoms with Crippen molar-refractivity contribution in [3.05, 3.63) is 27.7 Å². The third-order valence-corrected chi connectivity index (χ3v) is 1.99. The van der Waals surface area contributed by atoms with Crippen molar-refractivity contribution in [1.82, 2.24) is 0 Å². The van der Waals surface area contributed by atoms with Gasteiger partial charge in [0.2, 0.25) is 0 Å². The summed E-state index contributed by atoms with van der Waals surface area (Å²) in [5.74, 6) is 0.138. The molecule has 1 rings (SSSR count). The number of rotatable bonds is 1. The van der Waals surface area contributed by atoms with Crippen LogP contribution in [-0.4, -0.2) is 5.11 Å². The average molecular weight is 191 g/mol. The third-order valence-electron chi connectivity index (χ3n) is 1.49. The van der Waals surface area contributed by atoms with Crippen LogP contribution in [0.5, 0.6) is 5.75 Å². The lowest BCUT2D eigenvalue weighted by atomic mass is 10.1. The van der Waals surface area contributed by atoms with Gasteiger partial charge in [-0.25, -0.2) is 0 Å². The fourth-order valence-corrected chi connectivity index (χ4v) is 1.42. The van der Waals surface area contributed by atoms with Crippen LogP contribution in [0, 0.1) is 0 Å². The smallest absolute Gasteiger partial charge is 0.137 e. The second kappa shape index (κ2) is 3.33. The first-order chi connectivity index (χ1) is 5.15. The van der Waals surface area contributed by atoms with Gasteiger partial charge in [0, 0.05) is 5.02 Å². The lowest BCUT2D eigenvalue weighted by Gasteiger charge is -2.03. The highest BCUT2D eigenvalue weighted by molar-refractivity contribution is 6.35. The molecule has 0 fully saturated rings. The van der Waals surface area contributed by atoms with Crippen molar-refractivity contribution in [3.8, 4) is 5.75 Å². The van der Waals surface area contributed by atoms with E-state index < -0.39 is 0 Å². The van der Waals surface area contributed by atoms with E-state index in [1.807, 2.05) is 6.92 Å². The van der Waals surface area contributed by atoms with Gasteiger partial charge in [0.05, 0.1) is 5.02 Å². The molecule has 0 saturated carbocycles.